The van der Waals surface area contributed by atoms with Crippen LogP contribution in [0.25, 0.3) is 16.5 Å². The Morgan fingerprint density at radius 1 is 0.886 bits per heavy atom. The van der Waals surface area contributed by atoms with Crippen LogP contribution in [0.5, 0.6) is 0 Å². The average Bonchev–Trinajstić information content (AvgIpc) is 2.90. The molecule has 0 unspecified atom stereocenters. The van der Waals surface area contributed by atoms with Gasteiger partial charge < -0.3 is 15.0 Å². The summed E-state index contributed by atoms with van der Waals surface area (Å²) in [6, 6.07) is 23.0. The molecule has 0 radical (unpaired) electrons. The van der Waals surface area contributed by atoms with Crippen molar-refractivity contribution >= 4 is 34.0 Å². The van der Waals surface area contributed by atoms with Gasteiger partial charge in [0.15, 0.2) is 12.3 Å². The van der Waals surface area contributed by atoms with Crippen molar-refractivity contribution in [1.29, 1.82) is 0 Å². The first-order chi connectivity index (χ1) is 17.0. The maximum atomic E-state index is 13.0. The van der Waals surface area contributed by atoms with E-state index < -0.39 is 18.5 Å². The SMILES string of the molecule is CCN(CC)c1ccc(NC(=O)COC(=O)c2nn(-c3ccccc3)c(=O)c3ccccc23)cc1. The molecule has 8 heteroatoms. The third kappa shape index (κ3) is 5.22. The van der Waals surface area contributed by atoms with Crippen LogP contribution in [0.15, 0.2) is 83.7 Å². The Morgan fingerprint density at radius 3 is 2.17 bits per heavy atom. The lowest BCUT2D eigenvalue weighted by Gasteiger charge is -2.21. The largest absolute Gasteiger partial charge is 0.451 e. The van der Waals surface area contributed by atoms with Gasteiger partial charge in [-0.3, -0.25) is 9.59 Å². The predicted octanol–water partition coefficient (Wildman–Crippen LogP) is 4.03. The standard InChI is InChI=1S/C27H26N4O4/c1-3-30(4-2)20-16-14-19(15-17-20)28-24(32)18-35-27(34)25-22-12-8-9-13-23(22)26(33)31(29-25)21-10-6-5-7-11-21/h5-17H,3-4,18H2,1-2H3,(H,28,32). The fourth-order valence-electron chi connectivity index (χ4n) is 3.83. The second kappa shape index (κ2) is 10.6. The molecule has 0 aliphatic heterocycles. The van der Waals surface area contributed by atoms with Gasteiger partial charge in [0, 0.05) is 29.9 Å². The molecule has 0 aliphatic rings. The number of hydrogen-bond acceptors (Lipinski definition) is 6. The lowest BCUT2D eigenvalue weighted by molar-refractivity contribution is -0.119. The van der Waals surface area contributed by atoms with E-state index in [4.69, 9.17) is 4.74 Å². The quantitative estimate of drug-likeness (QED) is 0.391. The number of para-hydroxylation sites is 1. The Labute approximate surface area is 202 Å². The monoisotopic (exact) mass is 470 g/mol. The van der Waals surface area contributed by atoms with Gasteiger partial charge in [-0.1, -0.05) is 36.4 Å². The van der Waals surface area contributed by atoms with E-state index in [-0.39, 0.29) is 11.3 Å². The highest BCUT2D eigenvalue weighted by Crippen LogP contribution is 2.18. The summed E-state index contributed by atoms with van der Waals surface area (Å²) in [5, 5.41) is 7.68. The molecule has 3 aromatic carbocycles. The maximum Gasteiger partial charge on any atom is 0.359 e. The second-order valence-electron chi connectivity index (χ2n) is 7.79. The number of rotatable bonds is 8. The number of carbonyl (C=O) groups excluding carboxylic acids is 2. The summed E-state index contributed by atoms with van der Waals surface area (Å²) in [5.74, 6) is -1.27. The molecule has 0 atom stereocenters. The Kier molecular flexibility index (Phi) is 7.21. The Morgan fingerprint density at radius 2 is 1.51 bits per heavy atom. The van der Waals surface area contributed by atoms with Crippen molar-refractivity contribution in [2.45, 2.75) is 13.8 Å². The lowest BCUT2D eigenvalue weighted by Crippen LogP contribution is -2.26. The molecule has 0 bridgehead atoms. The smallest absolute Gasteiger partial charge is 0.359 e. The van der Waals surface area contributed by atoms with Gasteiger partial charge in [0.2, 0.25) is 0 Å². The lowest BCUT2D eigenvalue weighted by atomic mass is 10.1. The van der Waals surface area contributed by atoms with Crippen LogP contribution in [0.3, 0.4) is 0 Å². The normalized spacial score (nSPS) is 10.7. The predicted molar refractivity (Wildman–Crippen MR) is 136 cm³/mol. The first-order valence-electron chi connectivity index (χ1n) is 11.4. The first kappa shape index (κ1) is 23.7. The van der Waals surface area contributed by atoms with Crippen LogP contribution in [0.2, 0.25) is 0 Å². The van der Waals surface area contributed by atoms with Gasteiger partial charge in [0.05, 0.1) is 11.1 Å². The zero-order chi connectivity index (χ0) is 24.8. The molecule has 4 aromatic rings. The summed E-state index contributed by atoms with van der Waals surface area (Å²) in [6.45, 7) is 5.45. The molecule has 4 rings (SSSR count). The number of hydrogen-bond donors (Lipinski definition) is 1. The number of esters is 1. The van der Waals surface area contributed by atoms with E-state index in [1.54, 1.807) is 60.7 Å². The number of ether oxygens (including phenoxy) is 1. The molecule has 1 amide bonds. The summed E-state index contributed by atoms with van der Waals surface area (Å²) in [6.07, 6.45) is 0. The molecule has 8 nitrogen and oxygen atoms in total. The van der Waals surface area contributed by atoms with E-state index in [1.807, 2.05) is 18.2 Å². The molecule has 0 fully saturated rings. The number of aromatic nitrogens is 2. The van der Waals surface area contributed by atoms with Crippen molar-refractivity contribution in [1.82, 2.24) is 9.78 Å². The minimum atomic E-state index is -0.794. The van der Waals surface area contributed by atoms with Gasteiger partial charge in [-0.25, -0.2) is 4.79 Å². The second-order valence-corrected chi connectivity index (χ2v) is 7.79. The molecule has 1 N–H and O–H groups in total. The molecule has 0 aliphatic carbocycles. The molecular weight excluding hydrogens is 444 g/mol. The van der Waals surface area contributed by atoms with Crippen LogP contribution in [0.4, 0.5) is 11.4 Å². The van der Waals surface area contributed by atoms with Gasteiger partial charge in [-0.2, -0.15) is 9.78 Å². The van der Waals surface area contributed by atoms with Crippen molar-refractivity contribution in [3.05, 3.63) is 94.9 Å². The number of benzene rings is 3. The van der Waals surface area contributed by atoms with Crippen LogP contribution in [-0.4, -0.2) is 41.4 Å². The van der Waals surface area contributed by atoms with Crippen molar-refractivity contribution in [3.8, 4) is 5.69 Å². The maximum absolute atomic E-state index is 13.0. The molecule has 35 heavy (non-hydrogen) atoms. The Bertz CT molecular complexity index is 1390. The van der Waals surface area contributed by atoms with E-state index in [9.17, 15) is 14.4 Å². The van der Waals surface area contributed by atoms with Gasteiger partial charge >= 0.3 is 5.97 Å². The van der Waals surface area contributed by atoms with Gasteiger partial charge in [-0.05, 0) is 56.3 Å². The first-order valence-corrected chi connectivity index (χ1v) is 11.4. The molecule has 0 saturated carbocycles. The van der Waals surface area contributed by atoms with E-state index in [2.05, 4.69) is 29.2 Å². The summed E-state index contributed by atoms with van der Waals surface area (Å²) in [7, 11) is 0. The Hall–Kier alpha value is -4.46. The molecule has 0 spiro atoms. The molecule has 0 saturated heterocycles. The summed E-state index contributed by atoms with van der Waals surface area (Å²) < 4.78 is 6.42. The molecule has 1 aromatic heterocycles. The van der Waals surface area contributed by atoms with Crippen molar-refractivity contribution in [3.63, 3.8) is 0 Å². The van der Waals surface area contributed by atoms with Crippen LogP contribution in [0, 0.1) is 0 Å². The van der Waals surface area contributed by atoms with Crippen molar-refractivity contribution in [2.75, 3.05) is 29.9 Å². The number of nitrogens with zero attached hydrogens (tertiary/aromatic N) is 3. The minimum absolute atomic E-state index is 0.0413. The van der Waals surface area contributed by atoms with Crippen molar-refractivity contribution in [2.24, 2.45) is 0 Å². The van der Waals surface area contributed by atoms with Crippen LogP contribution >= 0.6 is 0 Å². The number of amides is 1. The zero-order valence-electron chi connectivity index (χ0n) is 19.6. The number of carbonyl (C=O) groups is 2. The summed E-state index contributed by atoms with van der Waals surface area (Å²) >= 11 is 0. The highest BCUT2D eigenvalue weighted by atomic mass is 16.5. The van der Waals surface area contributed by atoms with Gasteiger partial charge in [-0.15, -0.1) is 0 Å². The van der Waals surface area contributed by atoms with E-state index in [0.29, 0.717) is 22.1 Å². The topological polar surface area (TPSA) is 93.5 Å². The van der Waals surface area contributed by atoms with E-state index in [1.165, 1.54) is 0 Å². The summed E-state index contributed by atoms with van der Waals surface area (Å²) in [4.78, 5) is 40.5. The average molecular weight is 471 g/mol. The number of anilines is 2. The minimum Gasteiger partial charge on any atom is -0.451 e. The van der Waals surface area contributed by atoms with Crippen LogP contribution < -0.4 is 15.8 Å². The molecular formula is C27H26N4O4. The highest BCUT2D eigenvalue weighted by molar-refractivity contribution is 6.03. The van der Waals surface area contributed by atoms with Gasteiger partial charge in [0.1, 0.15) is 0 Å². The molecule has 178 valence electrons. The summed E-state index contributed by atoms with van der Waals surface area (Å²) in [5.41, 5.74) is 1.78. The third-order valence-corrected chi connectivity index (χ3v) is 5.61. The van der Waals surface area contributed by atoms with E-state index in [0.717, 1.165) is 23.5 Å². The number of fused-ring (bicyclic) bond motifs is 1. The third-order valence-electron chi connectivity index (χ3n) is 5.61. The number of nitrogens with one attached hydrogen (secondary N) is 1. The van der Waals surface area contributed by atoms with Crippen molar-refractivity contribution < 1.29 is 14.3 Å². The zero-order valence-corrected chi connectivity index (χ0v) is 19.6. The van der Waals surface area contributed by atoms with Gasteiger partial charge in [0.25, 0.3) is 11.5 Å². The van der Waals surface area contributed by atoms with E-state index >= 15 is 0 Å². The fourth-order valence-corrected chi connectivity index (χ4v) is 3.83. The Balaban J connectivity index is 1.51. The molecule has 1 heterocycles. The van der Waals surface area contributed by atoms with Crippen LogP contribution in [0.1, 0.15) is 24.3 Å². The fraction of sp³-hybridized carbons (Fsp3) is 0.185. The van der Waals surface area contributed by atoms with Crippen LogP contribution in [-0.2, 0) is 9.53 Å². The highest BCUT2D eigenvalue weighted by Gasteiger charge is 2.19.